The van der Waals surface area contributed by atoms with Crippen LogP contribution in [0, 0.1) is 30.3 Å². The molecule has 33 nitrogen and oxygen atoms in total. The van der Waals surface area contributed by atoms with Gasteiger partial charge in [0, 0.05) is 70.4 Å². The molecule has 0 unspecified atom stereocenters. The summed E-state index contributed by atoms with van der Waals surface area (Å²) in [6, 6.07) is 41.4. The van der Waals surface area contributed by atoms with Crippen molar-refractivity contribution >= 4 is 104 Å². The number of benzene rings is 6. The van der Waals surface area contributed by atoms with Crippen LogP contribution in [0.5, 0.6) is 0 Å². The van der Waals surface area contributed by atoms with Crippen LogP contribution in [0.15, 0.2) is 146 Å². The smallest absolute Gasteiger partial charge is 0.411 e. The number of halogens is 1. The molecule has 0 aliphatic carbocycles. The van der Waals surface area contributed by atoms with Crippen molar-refractivity contribution in [2.75, 3.05) is 75.0 Å². The maximum Gasteiger partial charge on any atom is 0.411 e. The van der Waals surface area contributed by atoms with Crippen molar-refractivity contribution in [1.82, 2.24) is 24.9 Å². The van der Waals surface area contributed by atoms with E-state index in [0.717, 1.165) is 33.0 Å². The van der Waals surface area contributed by atoms with E-state index in [0.29, 0.717) is 53.9 Å². The zero-order valence-corrected chi connectivity index (χ0v) is 69.1. The number of nitrogens with zero attached hydrogens (tertiary/aromatic N) is 8. The highest BCUT2D eigenvalue weighted by atomic mass is 79.9. The number of nitro groups is 3. The SMILES string of the molecule is CC(C)(C)OC(=O)N1CC(=O)Nc2ccccc2C1.CCN1C(=O)CN(C(=O)OC(C)(C)C)Cc2ccccc21.CCOC(=O)CN(Cc1ccccc1N)C(=O)OC(C)(C)C.CCOC(=O)CN(Cc1ccccc1[N+](=O)[O-])C(=O)OC(C)(C)C.CCOC(=O)CNCc1ccccc1[N+](=O)[O-].O=[N+]([O-])c1ccccc1CBr. The predicted molar refractivity (Wildman–Crippen MR) is 430 cm³/mol. The van der Waals surface area contributed by atoms with Crippen molar-refractivity contribution in [3.8, 4) is 0 Å². The summed E-state index contributed by atoms with van der Waals surface area (Å²) in [4.78, 5) is 145. The van der Waals surface area contributed by atoms with E-state index in [1.54, 1.807) is 143 Å². The Morgan fingerprint density at radius 3 is 1.31 bits per heavy atom. The standard InChI is InChI=1S/C16H22N2O6.C16H24N2O4.C16H22N2O3.C14H18N2O3.C11H14N2O4.C7H6BrNO2/c1-5-23-14(19)11-17(15(20)24-16(2,3)4)10-12-8-6-7-9-13(12)18(21)22;1-5-21-14(19)11-18(15(20)22-16(2,3)4)10-12-8-6-7-9-13(12)17;1-5-18-13-9-7-6-8-12(13)10-17(11-14(18)19)15(20)21-16(2,3)4;1-14(2,3)19-13(18)16-8-10-6-4-5-7-11(10)15-12(17)9-16;1-2-17-11(14)8-12-7-9-5-3-4-6-10(9)13(15)16;8-5-6-3-1-2-4-7(6)9(10)11/h6-9H,5,10-11H2,1-4H3;6-9H,5,10-11,17H2,1-4H3;6-9H,5,10-11H2,1-4H3;4-7H,8-9H2,1-3H3,(H,15,17);3-6,12H,2,7-8H2,1H3;1-4H,5H2. The number of amides is 6. The molecule has 2 heterocycles. The number of para-hydroxylation sites is 6. The molecule has 0 atom stereocenters. The largest absolute Gasteiger partial charge is 0.465 e. The van der Waals surface area contributed by atoms with E-state index in [1.165, 1.54) is 45.0 Å². The van der Waals surface area contributed by atoms with Gasteiger partial charge in [-0.05, 0) is 146 Å². The van der Waals surface area contributed by atoms with Crippen LogP contribution in [-0.4, -0.2) is 170 Å². The Bertz CT molecular complexity index is 4230. The zero-order valence-electron chi connectivity index (χ0n) is 67.5. The summed E-state index contributed by atoms with van der Waals surface area (Å²) in [6.07, 6.45) is -2.25. The Morgan fingerprint density at radius 1 is 0.482 bits per heavy atom. The average Bonchev–Trinajstić information content (AvgIpc) is 1.65. The van der Waals surface area contributed by atoms with Crippen LogP contribution >= 0.6 is 15.9 Å². The van der Waals surface area contributed by atoms with Gasteiger partial charge >= 0.3 is 42.3 Å². The average molecular weight is 1650 g/mol. The second-order valence-electron chi connectivity index (χ2n) is 28.8. The molecule has 0 saturated carbocycles. The fourth-order valence-corrected chi connectivity index (χ4v) is 10.5. The van der Waals surface area contributed by atoms with Gasteiger partial charge in [0.05, 0.1) is 67.3 Å². The van der Waals surface area contributed by atoms with Gasteiger partial charge in [-0.15, -0.1) is 0 Å². The molecule has 0 spiro atoms. The number of likely N-dealkylation sites (N-methyl/N-ethyl adjacent to an activating group) is 1. The normalized spacial score (nSPS) is 12.2. The summed E-state index contributed by atoms with van der Waals surface area (Å²) in [7, 11) is 0. The molecule has 6 aromatic rings. The maximum atomic E-state index is 12.4. The van der Waals surface area contributed by atoms with Crippen molar-refractivity contribution in [3.05, 3.63) is 209 Å². The van der Waals surface area contributed by atoms with Crippen molar-refractivity contribution in [1.29, 1.82) is 0 Å². The van der Waals surface area contributed by atoms with Crippen LogP contribution in [0.4, 0.5) is 53.3 Å². The Hall–Kier alpha value is -11.8. The molecule has 0 bridgehead atoms. The Labute approximate surface area is 672 Å². The lowest BCUT2D eigenvalue weighted by atomic mass is 10.1. The number of nitro benzene ring substituents is 3. The summed E-state index contributed by atoms with van der Waals surface area (Å²) >= 11 is 3.17. The molecule has 0 fully saturated rings. The van der Waals surface area contributed by atoms with Gasteiger partial charge in [0.15, 0.2) is 0 Å². The molecule has 2 aliphatic heterocycles. The molecular formula is C80H106BrN11O22. The lowest BCUT2D eigenvalue weighted by Gasteiger charge is -2.27. The van der Waals surface area contributed by atoms with E-state index >= 15 is 0 Å². The number of nitrogen functional groups attached to an aromatic ring is 1. The minimum atomic E-state index is -0.757. The first-order valence-corrected chi connectivity index (χ1v) is 37.5. The van der Waals surface area contributed by atoms with Gasteiger partial charge in [-0.1, -0.05) is 125 Å². The summed E-state index contributed by atoms with van der Waals surface area (Å²) in [5, 5.41) is 38.3. The number of ether oxygens (including phenoxy) is 7. The fraction of sp³-hybridized carbons (Fsp3) is 0.438. The van der Waals surface area contributed by atoms with Crippen LogP contribution in [-0.2, 0) is 95.2 Å². The number of fused-ring (bicyclic) bond motifs is 2. The molecule has 620 valence electrons. The molecule has 34 heteroatoms. The summed E-state index contributed by atoms with van der Waals surface area (Å²) in [6.45, 7) is 30.2. The molecule has 6 aromatic carbocycles. The third-order valence-corrected chi connectivity index (χ3v) is 15.4. The summed E-state index contributed by atoms with van der Waals surface area (Å²) in [5.41, 5.74) is 9.76. The maximum absolute atomic E-state index is 12.4. The van der Waals surface area contributed by atoms with E-state index in [4.69, 9.17) is 38.9 Å². The molecule has 114 heavy (non-hydrogen) atoms. The number of carbonyl (C=O) groups excluding carboxylic acids is 9. The molecule has 2 aliphatic rings. The summed E-state index contributed by atoms with van der Waals surface area (Å²) < 4.78 is 35.7. The van der Waals surface area contributed by atoms with Gasteiger partial charge in [0.2, 0.25) is 11.8 Å². The van der Waals surface area contributed by atoms with E-state index in [-0.39, 0.29) is 105 Å². The number of hydrogen-bond donors (Lipinski definition) is 3. The lowest BCUT2D eigenvalue weighted by molar-refractivity contribution is -0.385. The van der Waals surface area contributed by atoms with Crippen molar-refractivity contribution < 1.29 is 91.1 Å². The highest BCUT2D eigenvalue weighted by Gasteiger charge is 2.33. The first-order valence-electron chi connectivity index (χ1n) is 36.3. The predicted octanol–water partition coefficient (Wildman–Crippen LogP) is 14.4. The molecule has 0 radical (unpaired) electrons. The van der Waals surface area contributed by atoms with Crippen LogP contribution < -0.4 is 21.3 Å². The number of alkyl halides is 1. The quantitative estimate of drug-likeness (QED) is 0.0160. The number of rotatable bonds is 20. The van der Waals surface area contributed by atoms with E-state index in [1.807, 2.05) is 88.4 Å². The second-order valence-corrected chi connectivity index (χ2v) is 29.4. The fourth-order valence-electron chi connectivity index (χ4n) is 10.0. The molecule has 4 N–H and O–H groups in total. The first-order chi connectivity index (χ1) is 53.4. The van der Waals surface area contributed by atoms with Crippen LogP contribution in [0.25, 0.3) is 0 Å². The lowest BCUT2D eigenvalue weighted by Crippen LogP contribution is -2.42. The number of carbonyl (C=O) groups is 9. The third-order valence-electron chi connectivity index (χ3n) is 14.8. The molecular weight excluding hydrogens is 1550 g/mol. The van der Waals surface area contributed by atoms with Gasteiger partial charge < -0.3 is 54.4 Å². The first kappa shape index (κ1) is 96.4. The Kier molecular flexibility index (Phi) is 39.6. The van der Waals surface area contributed by atoms with Crippen molar-refractivity contribution in [2.24, 2.45) is 0 Å². The molecule has 6 amide bonds. The number of hydrogen-bond acceptors (Lipinski definition) is 24. The number of nitrogens with one attached hydrogen (secondary N) is 2. The second kappa shape index (κ2) is 46.9. The number of nitrogens with two attached hydrogens (primary N) is 1. The number of esters is 3. The van der Waals surface area contributed by atoms with E-state index in [2.05, 4.69) is 26.6 Å². The zero-order chi connectivity index (χ0) is 85.7. The van der Waals surface area contributed by atoms with Crippen LogP contribution in [0.3, 0.4) is 0 Å². The highest BCUT2D eigenvalue weighted by Crippen LogP contribution is 2.29. The van der Waals surface area contributed by atoms with Gasteiger partial charge in [0.25, 0.3) is 17.1 Å². The topological polar surface area (TPSA) is 414 Å². The van der Waals surface area contributed by atoms with Gasteiger partial charge in [-0.25, -0.2) is 19.2 Å². The molecule has 0 saturated heterocycles. The minimum absolute atomic E-state index is 0.00356. The monoisotopic (exact) mass is 1650 g/mol. The van der Waals surface area contributed by atoms with Gasteiger partial charge in [0.1, 0.15) is 48.6 Å². The van der Waals surface area contributed by atoms with Crippen LogP contribution in [0.1, 0.15) is 144 Å². The van der Waals surface area contributed by atoms with E-state index < -0.39 is 68.6 Å². The minimum Gasteiger partial charge on any atom is -0.465 e. The van der Waals surface area contributed by atoms with Gasteiger partial charge in [-0.2, -0.15) is 0 Å². The van der Waals surface area contributed by atoms with Gasteiger partial charge in [-0.3, -0.25) is 73.9 Å². The van der Waals surface area contributed by atoms with Crippen molar-refractivity contribution in [2.45, 2.75) is 171 Å². The van der Waals surface area contributed by atoms with Crippen molar-refractivity contribution in [3.63, 3.8) is 0 Å². The molecule has 8 rings (SSSR count). The van der Waals surface area contributed by atoms with Crippen LogP contribution in [0.2, 0.25) is 0 Å². The molecule has 0 aromatic heterocycles. The number of anilines is 3. The van der Waals surface area contributed by atoms with E-state index in [9.17, 15) is 73.5 Å². The Morgan fingerprint density at radius 2 is 0.860 bits per heavy atom. The highest BCUT2D eigenvalue weighted by molar-refractivity contribution is 9.08. The third kappa shape index (κ3) is 36.1. The summed E-state index contributed by atoms with van der Waals surface area (Å²) in [5.74, 6) is -1.76. The Balaban J connectivity index is 0.000000358.